The molecule has 9 heteroatoms. The number of hydrogen-bond donors (Lipinski definition) is 2. The fraction of sp³-hybridized carbons (Fsp3) is 0.706. The smallest absolute Gasteiger partial charge is 0.412 e. The highest BCUT2D eigenvalue weighted by Gasteiger charge is 2.49. The summed E-state index contributed by atoms with van der Waals surface area (Å²) in [6, 6.07) is 0.792. The minimum Gasteiger partial charge on any atom is -0.444 e. The van der Waals surface area contributed by atoms with Crippen molar-refractivity contribution in [2.75, 3.05) is 11.9 Å². The van der Waals surface area contributed by atoms with Crippen LogP contribution in [0.5, 0.6) is 0 Å². The molecular formula is C17H28N4O5. The van der Waals surface area contributed by atoms with Crippen LogP contribution in [-0.4, -0.2) is 52.2 Å². The van der Waals surface area contributed by atoms with E-state index < -0.39 is 23.5 Å². The first-order chi connectivity index (χ1) is 11.9. The van der Waals surface area contributed by atoms with E-state index in [-0.39, 0.29) is 18.7 Å². The van der Waals surface area contributed by atoms with Gasteiger partial charge in [-0.05, 0) is 48.5 Å². The average Bonchev–Trinajstić information content (AvgIpc) is 2.94. The van der Waals surface area contributed by atoms with Crippen LogP contribution in [-0.2, 0) is 9.47 Å². The van der Waals surface area contributed by atoms with E-state index in [1.54, 1.807) is 47.6 Å². The highest BCUT2D eigenvalue weighted by molar-refractivity contribution is 5.88. The molecule has 1 aliphatic rings. The molecule has 1 aromatic rings. The summed E-state index contributed by atoms with van der Waals surface area (Å²) in [4.78, 5) is 26.2. The van der Waals surface area contributed by atoms with Gasteiger partial charge in [0.25, 0.3) is 0 Å². The molecule has 2 atom stereocenters. The number of nitrogens with zero attached hydrogens (tertiary/aromatic N) is 2. The van der Waals surface area contributed by atoms with Crippen molar-refractivity contribution >= 4 is 17.9 Å². The molecule has 26 heavy (non-hydrogen) atoms. The number of nitrogens with one attached hydrogen (secondary N) is 2. The normalized spacial score (nSPS) is 22.2. The SMILES string of the molecule is Cc1cc(NC(=O)NC[C@H]2[C@@H](C)OC(C)(C)N2C(=O)OC(C)(C)C)no1. The molecule has 146 valence electrons. The van der Waals surface area contributed by atoms with Gasteiger partial charge in [0, 0.05) is 12.6 Å². The lowest BCUT2D eigenvalue weighted by Gasteiger charge is -2.35. The van der Waals surface area contributed by atoms with Crippen molar-refractivity contribution in [1.82, 2.24) is 15.4 Å². The lowest BCUT2D eigenvalue weighted by atomic mass is 10.1. The van der Waals surface area contributed by atoms with Gasteiger partial charge < -0.3 is 19.3 Å². The summed E-state index contributed by atoms with van der Waals surface area (Å²) in [7, 11) is 0. The predicted octanol–water partition coefficient (Wildman–Crippen LogP) is 2.87. The van der Waals surface area contributed by atoms with Crippen LogP contribution >= 0.6 is 0 Å². The molecule has 0 aliphatic carbocycles. The predicted molar refractivity (Wildman–Crippen MR) is 94.7 cm³/mol. The Morgan fingerprint density at radius 2 is 2.04 bits per heavy atom. The first kappa shape index (κ1) is 20.0. The largest absolute Gasteiger partial charge is 0.444 e. The van der Waals surface area contributed by atoms with Crippen molar-refractivity contribution in [2.45, 2.75) is 71.9 Å². The van der Waals surface area contributed by atoms with E-state index in [4.69, 9.17) is 14.0 Å². The fourth-order valence-corrected chi connectivity index (χ4v) is 2.91. The Balaban J connectivity index is 2.02. The van der Waals surface area contributed by atoms with Crippen LogP contribution in [0.4, 0.5) is 15.4 Å². The van der Waals surface area contributed by atoms with E-state index in [0.29, 0.717) is 11.6 Å². The topological polar surface area (TPSA) is 106 Å². The Hall–Kier alpha value is -2.29. The van der Waals surface area contributed by atoms with Crippen LogP contribution in [0.1, 0.15) is 47.3 Å². The lowest BCUT2D eigenvalue weighted by Crippen LogP contribution is -2.53. The average molecular weight is 368 g/mol. The van der Waals surface area contributed by atoms with E-state index in [1.807, 2.05) is 6.92 Å². The van der Waals surface area contributed by atoms with Crippen molar-refractivity contribution in [1.29, 1.82) is 0 Å². The molecule has 9 nitrogen and oxygen atoms in total. The molecule has 1 saturated heterocycles. The Morgan fingerprint density at radius 1 is 1.38 bits per heavy atom. The van der Waals surface area contributed by atoms with Gasteiger partial charge >= 0.3 is 12.1 Å². The molecule has 0 radical (unpaired) electrons. The highest BCUT2D eigenvalue weighted by atomic mass is 16.6. The maximum Gasteiger partial charge on any atom is 0.412 e. The van der Waals surface area contributed by atoms with Crippen LogP contribution in [0.25, 0.3) is 0 Å². The van der Waals surface area contributed by atoms with Gasteiger partial charge in [0.1, 0.15) is 17.1 Å². The summed E-state index contributed by atoms with van der Waals surface area (Å²) in [6.07, 6.45) is -0.752. The molecule has 1 aromatic heterocycles. The fourth-order valence-electron chi connectivity index (χ4n) is 2.91. The van der Waals surface area contributed by atoms with E-state index >= 15 is 0 Å². The van der Waals surface area contributed by atoms with Crippen molar-refractivity contribution in [2.24, 2.45) is 0 Å². The summed E-state index contributed by atoms with van der Waals surface area (Å²) in [5.41, 5.74) is -1.47. The molecule has 2 heterocycles. The number of aryl methyl sites for hydroxylation is 1. The second kappa shape index (κ2) is 7.14. The number of ether oxygens (including phenoxy) is 2. The maximum absolute atomic E-state index is 12.6. The summed E-state index contributed by atoms with van der Waals surface area (Å²) in [5.74, 6) is 0.913. The second-order valence-electron chi connectivity index (χ2n) is 7.85. The molecule has 1 fully saturated rings. The van der Waals surface area contributed by atoms with Crippen molar-refractivity contribution in [3.8, 4) is 0 Å². The third-order valence-electron chi connectivity index (χ3n) is 3.86. The second-order valence-corrected chi connectivity index (χ2v) is 7.85. The first-order valence-corrected chi connectivity index (χ1v) is 8.57. The van der Waals surface area contributed by atoms with Crippen LogP contribution in [0.2, 0.25) is 0 Å². The number of hydrogen-bond acceptors (Lipinski definition) is 6. The van der Waals surface area contributed by atoms with Gasteiger partial charge in [-0.25, -0.2) is 9.59 Å². The molecule has 0 bridgehead atoms. The van der Waals surface area contributed by atoms with Crippen LogP contribution in [0, 0.1) is 6.92 Å². The van der Waals surface area contributed by atoms with E-state index in [2.05, 4.69) is 15.8 Å². The Morgan fingerprint density at radius 3 is 2.58 bits per heavy atom. The Labute approximate surface area is 153 Å². The van der Waals surface area contributed by atoms with Gasteiger partial charge in [0.15, 0.2) is 5.82 Å². The number of amides is 3. The minimum absolute atomic E-state index is 0.201. The molecule has 0 unspecified atom stereocenters. The first-order valence-electron chi connectivity index (χ1n) is 8.57. The van der Waals surface area contributed by atoms with Crippen LogP contribution in [0.3, 0.4) is 0 Å². The number of urea groups is 1. The molecule has 2 N–H and O–H groups in total. The van der Waals surface area contributed by atoms with Crippen LogP contribution < -0.4 is 10.6 Å². The molecule has 1 aliphatic heterocycles. The van der Waals surface area contributed by atoms with Gasteiger partial charge in [-0.15, -0.1) is 0 Å². The summed E-state index contributed by atoms with van der Waals surface area (Å²) >= 11 is 0. The molecular weight excluding hydrogens is 340 g/mol. The molecule has 2 rings (SSSR count). The Bertz CT molecular complexity index is 664. The molecule has 0 spiro atoms. The zero-order chi connectivity index (χ0) is 19.7. The summed E-state index contributed by atoms with van der Waals surface area (Å²) in [5, 5.41) is 9.01. The quantitative estimate of drug-likeness (QED) is 0.850. The van der Waals surface area contributed by atoms with E-state index in [1.165, 1.54) is 4.90 Å². The number of rotatable bonds is 3. The zero-order valence-electron chi connectivity index (χ0n) is 16.4. The summed E-state index contributed by atoms with van der Waals surface area (Å²) < 4.78 is 16.3. The standard InChI is InChI=1S/C17H28N4O5/c1-10-8-13(20-26-10)19-14(22)18-9-12-11(2)24-17(6,7)21(12)15(23)25-16(3,4)5/h8,11-12H,9H2,1-7H3,(H2,18,19,20,22)/t11-,12+/m1/s1. The van der Waals surface area contributed by atoms with Crippen LogP contribution in [0.15, 0.2) is 10.6 Å². The number of carbonyl (C=O) groups is 2. The lowest BCUT2D eigenvalue weighted by molar-refractivity contribution is -0.0756. The monoisotopic (exact) mass is 368 g/mol. The highest BCUT2D eigenvalue weighted by Crippen LogP contribution is 2.33. The number of carbonyl (C=O) groups excluding carboxylic acids is 2. The molecule has 0 saturated carbocycles. The minimum atomic E-state index is -0.839. The third kappa shape index (κ3) is 4.87. The van der Waals surface area contributed by atoms with Gasteiger partial charge in [0.05, 0.1) is 12.1 Å². The van der Waals surface area contributed by atoms with Gasteiger partial charge in [0.2, 0.25) is 0 Å². The molecule has 0 aromatic carbocycles. The van der Waals surface area contributed by atoms with Gasteiger partial charge in [-0.3, -0.25) is 10.2 Å². The maximum atomic E-state index is 12.6. The van der Waals surface area contributed by atoms with E-state index in [9.17, 15) is 9.59 Å². The zero-order valence-corrected chi connectivity index (χ0v) is 16.4. The van der Waals surface area contributed by atoms with Crippen molar-refractivity contribution < 1.29 is 23.6 Å². The summed E-state index contributed by atoms with van der Waals surface area (Å²) in [6.45, 7) is 12.8. The van der Waals surface area contributed by atoms with E-state index in [0.717, 1.165) is 0 Å². The van der Waals surface area contributed by atoms with Crippen molar-refractivity contribution in [3.05, 3.63) is 11.8 Å². The molecule has 3 amide bonds. The number of aromatic nitrogens is 1. The third-order valence-corrected chi connectivity index (χ3v) is 3.86. The number of anilines is 1. The van der Waals surface area contributed by atoms with Crippen molar-refractivity contribution in [3.63, 3.8) is 0 Å². The Kier molecular flexibility index (Phi) is 5.50. The van der Waals surface area contributed by atoms with Gasteiger partial charge in [-0.1, -0.05) is 5.16 Å². The van der Waals surface area contributed by atoms with Gasteiger partial charge in [-0.2, -0.15) is 0 Å².